The van der Waals surface area contributed by atoms with E-state index < -0.39 is 11.9 Å². The number of rotatable bonds is 3. The van der Waals surface area contributed by atoms with Crippen LogP contribution in [0.5, 0.6) is 0 Å². The van der Waals surface area contributed by atoms with Crippen LogP contribution >= 0.6 is 34.2 Å². The van der Waals surface area contributed by atoms with Crippen LogP contribution in [0.25, 0.3) is 0 Å². The van der Waals surface area contributed by atoms with Crippen LogP contribution in [0.2, 0.25) is 5.02 Å². The molecule has 1 unspecified atom stereocenters. The van der Waals surface area contributed by atoms with E-state index in [4.69, 9.17) is 11.6 Å². The molecule has 1 atom stereocenters. The summed E-state index contributed by atoms with van der Waals surface area (Å²) in [5, 5.41) is 10.2. The molecular weight excluding hydrogens is 366 g/mol. The number of aliphatic hydroxyl groups is 1. The van der Waals surface area contributed by atoms with E-state index in [2.05, 4.69) is 22.6 Å². The molecule has 0 amide bonds. The number of aliphatic hydroxyl groups excluding tert-OH is 1. The molecule has 4 heteroatoms. The SMILES string of the molecule is OC(Cc1cccc(F)c1Cl)c1cccc(I)c1. The van der Waals surface area contributed by atoms with E-state index in [0.717, 1.165) is 9.13 Å². The zero-order valence-electron chi connectivity index (χ0n) is 9.41. The van der Waals surface area contributed by atoms with Gasteiger partial charge in [0.1, 0.15) is 5.82 Å². The third-order valence-electron chi connectivity index (χ3n) is 2.68. The van der Waals surface area contributed by atoms with Crippen LogP contribution in [0.15, 0.2) is 42.5 Å². The molecular formula is C14H11ClFIO. The molecule has 0 radical (unpaired) electrons. The highest BCUT2D eigenvalue weighted by Gasteiger charge is 2.13. The van der Waals surface area contributed by atoms with Crippen molar-refractivity contribution in [2.24, 2.45) is 0 Å². The largest absolute Gasteiger partial charge is 0.388 e. The summed E-state index contributed by atoms with van der Waals surface area (Å²) in [6.07, 6.45) is -0.379. The van der Waals surface area contributed by atoms with E-state index in [9.17, 15) is 9.50 Å². The fourth-order valence-corrected chi connectivity index (χ4v) is 2.52. The lowest BCUT2D eigenvalue weighted by Crippen LogP contribution is -2.03. The molecule has 2 rings (SSSR count). The van der Waals surface area contributed by atoms with Crippen molar-refractivity contribution >= 4 is 34.2 Å². The first-order chi connectivity index (χ1) is 8.58. The van der Waals surface area contributed by atoms with Crippen molar-refractivity contribution in [2.45, 2.75) is 12.5 Å². The van der Waals surface area contributed by atoms with Gasteiger partial charge in [0, 0.05) is 9.99 Å². The lowest BCUT2D eigenvalue weighted by atomic mass is 10.0. The van der Waals surface area contributed by atoms with Gasteiger partial charge in [-0.2, -0.15) is 0 Å². The lowest BCUT2D eigenvalue weighted by Gasteiger charge is -2.12. The molecule has 2 aromatic rings. The Labute approximate surface area is 124 Å². The minimum absolute atomic E-state index is 0.0854. The Bertz CT molecular complexity index is 559. The first kappa shape index (κ1) is 13.8. The molecule has 94 valence electrons. The van der Waals surface area contributed by atoms with E-state index in [-0.39, 0.29) is 5.02 Å². The molecule has 0 aliphatic carbocycles. The Morgan fingerprint density at radius 3 is 2.67 bits per heavy atom. The van der Waals surface area contributed by atoms with Gasteiger partial charge in [0.2, 0.25) is 0 Å². The molecule has 0 saturated carbocycles. The molecule has 0 fully saturated rings. The van der Waals surface area contributed by atoms with Gasteiger partial charge in [-0.1, -0.05) is 35.9 Å². The van der Waals surface area contributed by atoms with Crippen molar-refractivity contribution in [1.29, 1.82) is 0 Å². The Hall–Kier alpha value is -0.650. The van der Waals surface area contributed by atoms with Gasteiger partial charge in [-0.25, -0.2) is 4.39 Å². The third-order valence-corrected chi connectivity index (χ3v) is 3.77. The molecule has 2 aromatic carbocycles. The maximum atomic E-state index is 13.3. The lowest BCUT2D eigenvalue weighted by molar-refractivity contribution is 0.178. The summed E-state index contributed by atoms with van der Waals surface area (Å²) < 4.78 is 14.3. The van der Waals surface area contributed by atoms with Gasteiger partial charge >= 0.3 is 0 Å². The fourth-order valence-electron chi connectivity index (χ4n) is 1.75. The smallest absolute Gasteiger partial charge is 0.142 e. The summed E-state index contributed by atoms with van der Waals surface area (Å²) >= 11 is 8.05. The quantitative estimate of drug-likeness (QED) is 0.789. The van der Waals surface area contributed by atoms with Crippen LogP contribution in [0.3, 0.4) is 0 Å². The summed E-state index contributed by atoms with van der Waals surface area (Å²) in [6.45, 7) is 0. The number of benzene rings is 2. The zero-order chi connectivity index (χ0) is 13.1. The highest BCUT2D eigenvalue weighted by molar-refractivity contribution is 14.1. The minimum atomic E-state index is -0.681. The average Bonchev–Trinajstić information content (AvgIpc) is 2.35. The number of hydrogen-bond donors (Lipinski definition) is 1. The van der Waals surface area contributed by atoms with Crippen molar-refractivity contribution in [3.8, 4) is 0 Å². The molecule has 0 spiro atoms. The fraction of sp³-hybridized carbons (Fsp3) is 0.143. The van der Waals surface area contributed by atoms with Gasteiger partial charge in [-0.15, -0.1) is 0 Å². The van der Waals surface area contributed by atoms with Crippen molar-refractivity contribution in [2.75, 3.05) is 0 Å². The Morgan fingerprint density at radius 1 is 1.22 bits per heavy atom. The molecule has 0 bridgehead atoms. The van der Waals surface area contributed by atoms with E-state index in [1.807, 2.05) is 24.3 Å². The maximum Gasteiger partial charge on any atom is 0.142 e. The molecule has 1 N–H and O–H groups in total. The topological polar surface area (TPSA) is 20.2 Å². The van der Waals surface area contributed by atoms with Crippen molar-refractivity contribution in [1.82, 2.24) is 0 Å². The van der Waals surface area contributed by atoms with Crippen LogP contribution in [0.1, 0.15) is 17.2 Å². The van der Waals surface area contributed by atoms with Gasteiger partial charge in [0.25, 0.3) is 0 Å². The summed E-state index contributed by atoms with van der Waals surface area (Å²) in [5.74, 6) is -0.455. The van der Waals surface area contributed by atoms with Gasteiger partial charge in [0.15, 0.2) is 0 Å². The van der Waals surface area contributed by atoms with E-state index in [1.165, 1.54) is 6.07 Å². The summed E-state index contributed by atoms with van der Waals surface area (Å²) in [4.78, 5) is 0. The van der Waals surface area contributed by atoms with Crippen molar-refractivity contribution < 1.29 is 9.50 Å². The van der Waals surface area contributed by atoms with Gasteiger partial charge in [-0.3, -0.25) is 0 Å². The molecule has 1 nitrogen and oxygen atoms in total. The minimum Gasteiger partial charge on any atom is -0.388 e. The molecule has 0 aliphatic heterocycles. The second-order valence-corrected chi connectivity index (χ2v) is 5.61. The first-order valence-electron chi connectivity index (χ1n) is 5.44. The van der Waals surface area contributed by atoms with Crippen LogP contribution in [-0.4, -0.2) is 5.11 Å². The van der Waals surface area contributed by atoms with E-state index in [0.29, 0.717) is 12.0 Å². The molecule has 0 aromatic heterocycles. The summed E-state index contributed by atoms with van der Waals surface area (Å²) in [7, 11) is 0. The standard InChI is InChI=1S/C14H11ClFIO/c15-14-10(4-2-6-12(14)16)8-13(18)9-3-1-5-11(17)7-9/h1-7,13,18H,8H2. The summed E-state index contributed by atoms with van der Waals surface area (Å²) in [5.41, 5.74) is 1.42. The predicted octanol–water partition coefficient (Wildman–Crippen LogP) is 4.36. The number of hydrogen-bond acceptors (Lipinski definition) is 1. The van der Waals surface area contributed by atoms with Crippen LogP contribution in [0, 0.1) is 9.39 Å². The highest BCUT2D eigenvalue weighted by Crippen LogP contribution is 2.26. The van der Waals surface area contributed by atoms with E-state index >= 15 is 0 Å². The van der Waals surface area contributed by atoms with Crippen molar-refractivity contribution in [3.63, 3.8) is 0 Å². The first-order valence-corrected chi connectivity index (χ1v) is 6.90. The van der Waals surface area contributed by atoms with E-state index in [1.54, 1.807) is 12.1 Å². The average molecular weight is 377 g/mol. The second kappa shape index (κ2) is 5.99. The summed E-state index contributed by atoms with van der Waals surface area (Å²) in [6, 6.07) is 12.2. The predicted molar refractivity (Wildman–Crippen MR) is 79.2 cm³/mol. The third kappa shape index (κ3) is 3.22. The van der Waals surface area contributed by atoms with Crippen LogP contribution in [0.4, 0.5) is 4.39 Å². The van der Waals surface area contributed by atoms with Gasteiger partial charge < -0.3 is 5.11 Å². The van der Waals surface area contributed by atoms with Gasteiger partial charge in [-0.05, 0) is 51.9 Å². The highest BCUT2D eigenvalue weighted by atomic mass is 127. The monoisotopic (exact) mass is 376 g/mol. The molecule has 0 heterocycles. The van der Waals surface area contributed by atoms with Crippen LogP contribution in [-0.2, 0) is 6.42 Å². The number of halogens is 3. The van der Waals surface area contributed by atoms with Crippen molar-refractivity contribution in [3.05, 3.63) is 68.0 Å². The normalized spacial score (nSPS) is 12.4. The van der Waals surface area contributed by atoms with Gasteiger partial charge in [0.05, 0.1) is 11.1 Å². The molecule has 0 aliphatic rings. The second-order valence-electron chi connectivity index (χ2n) is 3.99. The molecule has 18 heavy (non-hydrogen) atoms. The Morgan fingerprint density at radius 2 is 1.94 bits per heavy atom. The Balaban J connectivity index is 2.21. The molecule has 0 saturated heterocycles. The zero-order valence-corrected chi connectivity index (χ0v) is 12.3. The Kier molecular flexibility index (Phi) is 4.59. The maximum absolute atomic E-state index is 13.3. The van der Waals surface area contributed by atoms with Crippen LogP contribution < -0.4 is 0 Å².